The molecule has 0 amide bonds. The molecule has 3 rings (SSSR count). The molecule has 0 aliphatic carbocycles. The Balaban J connectivity index is 2.59. The highest BCUT2D eigenvalue weighted by atomic mass is 33.2. The van der Waals surface area contributed by atoms with Crippen molar-refractivity contribution in [3.8, 4) is 0 Å². The van der Waals surface area contributed by atoms with E-state index in [1.807, 2.05) is 83.6 Å². The first-order valence-electron chi connectivity index (χ1n) is 4.21. The van der Waals surface area contributed by atoms with Crippen molar-refractivity contribution >= 4 is 102 Å². The highest BCUT2D eigenvalue weighted by Gasteiger charge is 2.17. The van der Waals surface area contributed by atoms with Gasteiger partial charge in [-0.15, -0.1) is 23.5 Å². The van der Waals surface area contributed by atoms with Gasteiger partial charge in [-0.2, -0.15) is 0 Å². The predicted octanol–water partition coefficient (Wildman–Crippen LogP) is 6.93. The molecule has 0 saturated carbocycles. The van der Waals surface area contributed by atoms with Gasteiger partial charge in [0.1, 0.15) is 0 Å². The second kappa shape index (κ2) is 5.08. The van der Waals surface area contributed by atoms with Gasteiger partial charge in [-0.25, -0.2) is 0 Å². The van der Waals surface area contributed by atoms with E-state index < -0.39 is 0 Å². The minimum Gasteiger partial charge on any atom is -0.127 e. The van der Waals surface area contributed by atoms with Crippen molar-refractivity contribution in [2.45, 2.75) is 9.79 Å². The van der Waals surface area contributed by atoms with Crippen LogP contribution in [0.5, 0.6) is 0 Å². The fourth-order valence-corrected chi connectivity index (χ4v) is 14.1. The third-order valence-corrected chi connectivity index (χ3v) is 12.4. The highest BCUT2D eigenvalue weighted by molar-refractivity contribution is 8.04. The summed E-state index contributed by atoms with van der Waals surface area (Å²) in [7, 11) is 11.5. The second-order valence-corrected chi connectivity index (χ2v) is 12.3. The number of hydrogen-bond acceptors (Lipinski definition) is 8. The molecule has 0 unspecified atom stereocenters. The Morgan fingerprint density at radius 2 is 0.938 bits per heavy atom. The molecule has 86 valence electrons. The van der Waals surface area contributed by atoms with Crippen LogP contribution >= 0.6 is 83.6 Å². The maximum atomic E-state index is 2.19. The minimum absolute atomic E-state index is 1.49. The van der Waals surface area contributed by atoms with Crippen molar-refractivity contribution in [2.24, 2.45) is 0 Å². The molecule has 1 aromatic carbocycles. The van der Waals surface area contributed by atoms with E-state index in [0.717, 1.165) is 0 Å². The molecule has 2 aromatic heterocycles. The van der Waals surface area contributed by atoms with Crippen LogP contribution in [0.1, 0.15) is 0 Å². The first-order valence-corrected chi connectivity index (χ1v) is 13.6. The lowest BCUT2D eigenvalue weighted by molar-refractivity contribution is 1.69. The van der Waals surface area contributed by atoms with Crippen LogP contribution in [-0.4, -0.2) is 12.5 Å². The van der Waals surface area contributed by atoms with E-state index in [2.05, 4.69) is 12.5 Å². The van der Waals surface area contributed by atoms with Gasteiger partial charge in [-0.3, -0.25) is 0 Å². The fraction of sp³-hybridized carbons (Fsp3) is 0.250. The molecule has 0 radical (unpaired) electrons. The van der Waals surface area contributed by atoms with E-state index in [0.29, 0.717) is 0 Å². The molecule has 0 bridgehead atoms. The Morgan fingerprint density at radius 1 is 0.625 bits per heavy atom. The first-order chi connectivity index (χ1) is 7.86. The third kappa shape index (κ3) is 1.82. The van der Waals surface area contributed by atoms with Crippen molar-refractivity contribution in [3.05, 3.63) is 0 Å². The SMILES string of the molecule is CSc1c2sssc2c(SC)c2sssc12. The smallest absolute Gasteiger partial charge is 0.0728 e. The number of hydrogen-bond donors (Lipinski definition) is 0. The van der Waals surface area contributed by atoms with Gasteiger partial charge in [0.2, 0.25) is 0 Å². The van der Waals surface area contributed by atoms with Crippen LogP contribution in [0.2, 0.25) is 0 Å². The molecule has 0 nitrogen and oxygen atoms in total. The van der Waals surface area contributed by atoms with Gasteiger partial charge < -0.3 is 0 Å². The quantitative estimate of drug-likeness (QED) is 0.360. The van der Waals surface area contributed by atoms with Gasteiger partial charge in [-0.05, 0) is 31.2 Å². The molecule has 0 aliphatic heterocycles. The molecule has 0 spiro atoms. The molecule has 0 saturated heterocycles. The lowest BCUT2D eigenvalue weighted by Gasteiger charge is -2.04. The Morgan fingerprint density at radius 3 is 1.19 bits per heavy atom. The minimum atomic E-state index is 1.49. The molecule has 0 aliphatic rings. The van der Waals surface area contributed by atoms with Crippen LogP contribution in [0.15, 0.2) is 9.79 Å². The number of rotatable bonds is 2. The van der Waals surface area contributed by atoms with Crippen LogP contribution < -0.4 is 0 Å². The van der Waals surface area contributed by atoms with Crippen molar-refractivity contribution in [2.75, 3.05) is 12.5 Å². The Bertz CT molecular complexity index is 546. The molecule has 0 N–H and O–H groups in total. The summed E-state index contributed by atoms with van der Waals surface area (Å²) in [5.74, 6) is 0. The summed E-state index contributed by atoms with van der Waals surface area (Å²) in [6, 6.07) is 0. The lowest BCUT2D eigenvalue weighted by Crippen LogP contribution is -1.76. The van der Waals surface area contributed by atoms with Crippen molar-refractivity contribution in [1.29, 1.82) is 0 Å². The largest absolute Gasteiger partial charge is 0.127 e. The number of benzene rings is 1. The summed E-state index contributed by atoms with van der Waals surface area (Å²) < 4.78 is 6.00. The zero-order valence-corrected chi connectivity index (χ0v) is 14.8. The molecular formula is C8H6S8. The Kier molecular flexibility index (Phi) is 3.90. The van der Waals surface area contributed by atoms with E-state index in [4.69, 9.17) is 0 Å². The van der Waals surface area contributed by atoms with Gasteiger partial charge in [0.05, 0.1) is 18.8 Å². The van der Waals surface area contributed by atoms with Crippen LogP contribution in [0.4, 0.5) is 0 Å². The molecule has 0 atom stereocenters. The van der Waals surface area contributed by atoms with Crippen LogP contribution in [0, 0.1) is 0 Å². The van der Waals surface area contributed by atoms with Crippen molar-refractivity contribution < 1.29 is 0 Å². The molecule has 2 heterocycles. The third-order valence-electron chi connectivity index (χ3n) is 2.12. The standard InChI is InChI=1S/C8H6S8/c1-9-3-5-7(13-15-11-5)4(10-2)8-6(3)12-16-14-8/h1-2H3. The lowest BCUT2D eigenvalue weighted by atomic mass is 10.3. The monoisotopic (exact) mass is 358 g/mol. The average Bonchev–Trinajstić information content (AvgIpc) is 2.93. The van der Waals surface area contributed by atoms with Crippen molar-refractivity contribution in [3.63, 3.8) is 0 Å². The Hall–Kier alpha value is 1.24. The van der Waals surface area contributed by atoms with E-state index >= 15 is 0 Å². The number of thioether (sulfide) groups is 2. The molecular weight excluding hydrogens is 353 g/mol. The normalized spacial score (nSPS) is 11.6. The van der Waals surface area contributed by atoms with Crippen molar-refractivity contribution in [1.82, 2.24) is 0 Å². The number of fused-ring (bicyclic) bond motifs is 2. The summed E-state index contributed by atoms with van der Waals surface area (Å²) >= 11 is 3.79. The topological polar surface area (TPSA) is 0 Å². The van der Waals surface area contributed by atoms with Crippen LogP contribution in [-0.2, 0) is 0 Å². The van der Waals surface area contributed by atoms with Gasteiger partial charge in [0.25, 0.3) is 0 Å². The van der Waals surface area contributed by atoms with Crippen LogP contribution in [0.25, 0.3) is 18.8 Å². The molecule has 3 aromatic rings. The highest BCUT2D eigenvalue weighted by Crippen LogP contribution is 2.51. The summed E-state index contributed by atoms with van der Waals surface area (Å²) in [4.78, 5) is 2.99. The average molecular weight is 359 g/mol. The van der Waals surface area contributed by atoms with Gasteiger partial charge in [0.15, 0.2) is 0 Å². The molecule has 0 fully saturated rings. The van der Waals surface area contributed by atoms with E-state index in [-0.39, 0.29) is 0 Å². The zero-order chi connectivity index (χ0) is 11.1. The van der Waals surface area contributed by atoms with E-state index in [9.17, 15) is 0 Å². The van der Waals surface area contributed by atoms with Crippen LogP contribution in [0.3, 0.4) is 0 Å². The summed E-state index contributed by atoms with van der Waals surface area (Å²) in [5.41, 5.74) is 0. The summed E-state index contributed by atoms with van der Waals surface area (Å²) in [6.45, 7) is 0. The molecule has 16 heavy (non-hydrogen) atoms. The maximum Gasteiger partial charge on any atom is 0.0728 e. The maximum absolute atomic E-state index is 2.19. The molecule has 8 heteroatoms. The van der Waals surface area contributed by atoms with E-state index in [1.165, 1.54) is 28.6 Å². The van der Waals surface area contributed by atoms with Gasteiger partial charge in [0, 0.05) is 9.79 Å². The van der Waals surface area contributed by atoms with E-state index in [1.54, 1.807) is 0 Å². The van der Waals surface area contributed by atoms with Gasteiger partial charge in [-0.1, -0.05) is 41.4 Å². The summed E-state index contributed by atoms with van der Waals surface area (Å²) in [5, 5.41) is 0. The second-order valence-electron chi connectivity index (χ2n) is 2.85. The predicted molar refractivity (Wildman–Crippen MR) is 89.9 cm³/mol. The Labute approximate surface area is 123 Å². The first kappa shape index (κ1) is 12.3. The fourth-order valence-electron chi connectivity index (χ4n) is 1.46. The van der Waals surface area contributed by atoms with Gasteiger partial charge >= 0.3 is 0 Å². The zero-order valence-electron chi connectivity index (χ0n) is 8.27. The summed E-state index contributed by atoms with van der Waals surface area (Å²) in [6.07, 6.45) is 4.38.